The highest BCUT2D eigenvalue weighted by atomic mass is 16.4. The second-order valence-electron chi connectivity index (χ2n) is 3.35. The molecule has 0 radical (unpaired) electrons. The summed E-state index contributed by atoms with van der Waals surface area (Å²) in [5.41, 5.74) is 0. The monoisotopic (exact) mass is 196 g/mol. The lowest BCUT2D eigenvalue weighted by molar-refractivity contribution is -0.702. The topological polar surface area (TPSA) is 48.9 Å². The number of carboxylic acids is 1. The molecule has 1 heterocycles. The van der Waals surface area contributed by atoms with Crippen LogP contribution in [0.5, 0.6) is 0 Å². The third-order valence-electron chi connectivity index (χ3n) is 2.28. The van der Waals surface area contributed by atoms with Crippen molar-refractivity contribution in [1.29, 1.82) is 0 Å². The van der Waals surface area contributed by atoms with Crippen LogP contribution >= 0.6 is 0 Å². The molecular formula is C10H16N2O2. The molecule has 78 valence electrons. The number of rotatable bonds is 5. The van der Waals surface area contributed by atoms with Gasteiger partial charge in [-0.1, -0.05) is 6.92 Å². The first-order chi connectivity index (χ1) is 6.65. The number of aliphatic carboxylic acids is 1. The second kappa shape index (κ2) is 4.79. The highest BCUT2D eigenvalue weighted by Crippen LogP contribution is 1.96. The molecule has 0 unspecified atom stereocenters. The Balaban J connectivity index is 2.64. The summed E-state index contributed by atoms with van der Waals surface area (Å²) in [6.45, 7) is 5.57. The lowest BCUT2D eigenvalue weighted by Gasteiger charge is -2.01. The fourth-order valence-corrected chi connectivity index (χ4v) is 1.47. The van der Waals surface area contributed by atoms with Gasteiger partial charge in [0.15, 0.2) is 0 Å². The van der Waals surface area contributed by atoms with E-state index < -0.39 is 5.97 Å². The van der Waals surface area contributed by atoms with Crippen LogP contribution in [0.25, 0.3) is 0 Å². The molecule has 0 aliphatic rings. The van der Waals surface area contributed by atoms with Gasteiger partial charge >= 0.3 is 0 Å². The van der Waals surface area contributed by atoms with Gasteiger partial charge in [0.1, 0.15) is 12.4 Å². The minimum absolute atomic E-state index is 0.0711. The van der Waals surface area contributed by atoms with E-state index in [9.17, 15) is 9.90 Å². The molecule has 0 atom stereocenters. The summed E-state index contributed by atoms with van der Waals surface area (Å²) in [6.07, 6.45) is 5.04. The number of hydrogen-bond acceptors (Lipinski definition) is 2. The quantitative estimate of drug-likeness (QED) is 0.603. The predicted molar refractivity (Wildman–Crippen MR) is 49.3 cm³/mol. The van der Waals surface area contributed by atoms with Crippen molar-refractivity contribution in [2.45, 2.75) is 39.8 Å². The molecule has 0 aliphatic heterocycles. The third kappa shape index (κ3) is 2.58. The second-order valence-corrected chi connectivity index (χ2v) is 3.35. The van der Waals surface area contributed by atoms with Crippen LogP contribution in [0.3, 0.4) is 0 Å². The Labute approximate surface area is 83.8 Å². The number of nitrogens with zero attached hydrogens (tertiary/aromatic N) is 2. The first-order valence-electron chi connectivity index (χ1n) is 4.90. The van der Waals surface area contributed by atoms with Gasteiger partial charge in [0, 0.05) is 19.3 Å². The SMILES string of the molecule is CCC[n+]1ccn(CCC(=O)[O-])c1C. The van der Waals surface area contributed by atoms with Crippen LogP contribution in [0.15, 0.2) is 12.4 Å². The van der Waals surface area contributed by atoms with Gasteiger partial charge < -0.3 is 9.90 Å². The number of imidazole rings is 1. The zero-order valence-corrected chi connectivity index (χ0v) is 8.69. The molecular weight excluding hydrogens is 180 g/mol. The van der Waals surface area contributed by atoms with Gasteiger partial charge in [-0.15, -0.1) is 0 Å². The van der Waals surface area contributed by atoms with E-state index in [-0.39, 0.29) is 6.42 Å². The maximum atomic E-state index is 10.3. The van der Waals surface area contributed by atoms with Gasteiger partial charge in [-0.25, -0.2) is 9.13 Å². The summed E-state index contributed by atoms with van der Waals surface area (Å²) < 4.78 is 4.06. The maximum absolute atomic E-state index is 10.3. The summed E-state index contributed by atoms with van der Waals surface area (Å²) in [5, 5.41) is 10.3. The number of carbonyl (C=O) groups excluding carboxylic acids is 1. The van der Waals surface area contributed by atoms with Crippen molar-refractivity contribution in [3.05, 3.63) is 18.2 Å². The summed E-state index contributed by atoms with van der Waals surface area (Å²) in [4.78, 5) is 10.3. The third-order valence-corrected chi connectivity index (χ3v) is 2.28. The Morgan fingerprint density at radius 3 is 2.93 bits per heavy atom. The zero-order valence-electron chi connectivity index (χ0n) is 8.69. The molecule has 4 nitrogen and oxygen atoms in total. The molecule has 14 heavy (non-hydrogen) atoms. The van der Waals surface area contributed by atoms with Crippen LogP contribution in [0.4, 0.5) is 0 Å². The van der Waals surface area contributed by atoms with E-state index in [1.54, 1.807) is 0 Å². The first kappa shape index (κ1) is 10.8. The van der Waals surface area contributed by atoms with Gasteiger partial charge in [0.05, 0.1) is 13.1 Å². The minimum Gasteiger partial charge on any atom is -0.550 e. The summed E-state index contributed by atoms with van der Waals surface area (Å²) in [7, 11) is 0. The minimum atomic E-state index is -1.000. The van der Waals surface area contributed by atoms with Crippen molar-refractivity contribution in [1.82, 2.24) is 4.57 Å². The number of aromatic nitrogens is 2. The largest absolute Gasteiger partial charge is 0.550 e. The van der Waals surface area contributed by atoms with Crippen LogP contribution in [0.2, 0.25) is 0 Å². The molecule has 0 bridgehead atoms. The lowest BCUT2D eigenvalue weighted by atomic mass is 10.4. The van der Waals surface area contributed by atoms with Gasteiger partial charge in [-0.05, 0) is 6.42 Å². The van der Waals surface area contributed by atoms with E-state index in [0.29, 0.717) is 6.54 Å². The molecule has 0 spiro atoms. The van der Waals surface area contributed by atoms with Crippen molar-refractivity contribution >= 4 is 5.97 Å². The van der Waals surface area contributed by atoms with E-state index in [1.165, 1.54) is 0 Å². The Bertz CT molecular complexity index is 318. The van der Waals surface area contributed by atoms with Gasteiger partial charge in [0.2, 0.25) is 0 Å². The number of hydrogen-bond donors (Lipinski definition) is 0. The number of aryl methyl sites for hydroxylation is 2. The van der Waals surface area contributed by atoms with Gasteiger partial charge in [-0.2, -0.15) is 0 Å². The fourth-order valence-electron chi connectivity index (χ4n) is 1.47. The Kier molecular flexibility index (Phi) is 3.68. The van der Waals surface area contributed by atoms with Crippen LogP contribution in [-0.2, 0) is 17.9 Å². The summed E-state index contributed by atoms with van der Waals surface area (Å²) in [5.74, 6) is 0.0910. The Morgan fingerprint density at radius 1 is 1.64 bits per heavy atom. The van der Waals surface area contributed by atoms with Crippen molar-refractivity contribution in [2.75, 3.05) is 0 Å². The van der Waals surface area contributed by atoms with Crippen molar-refractivity contribution in [3.8, 4) is 0 Å². The van der Waals surface area contributed by atoms with E-state index in [2.05, 4.69) is 11.5 Å². The average molecular weight is 196 g/mol. The molecule has 1 aromatic rings. The van der Waals surface area contributed by atoms with Crippen LogP contribution in [0, 0.1) is 6.92 Å². The molecule has 1 aromatic heterocycles. The molecule has 4 heteroatoms. The molecule has 0 aromatic carbocycles. The Hall–Kier alpha value is -1.32. The Morgan fingerprint density at radius 2 is 2.36 bits per heavy atom. The molecule has 1 rings (SSSR count). The van der Waals surface area contributed by atoms with Crippen molar-refractivity contribution in [2.24, 2.45) is 0 Å². The summed E-state index contributed by atoms with van der Waals surface area (Å²) >= 11 is 0. The molecule has 0 saturated heterocycles. The van der Waals surface area contributed by atoms with Gasteiger partial charge in [0.25, 0.3) is 5.82 Å². The zero-order chi connectivity index (χ0) is 10.6. The molecule has 0 saturated carbocycles. The average Bonchev–Trinajstić information content (AvgIpc) is 2.46. The fraction of sp³-hybridized carbons (Fsp3) is 0.600. The van der Waals surface area contributed by atoms with E-state index in [0.717, 1.165) is 18.8 Å². The number of carboxylic acid groups (broad SMARTS) is 1. The maximum Gasteiger partial charge on any atom is 0.253 e. The van der Waals surface area contributed by atoms with Crippen molar-refractivity contribution in [3.63, 3.8) is 0 Å². The van der Waals surface area contributed by atoms with Crippen LogP contribution in [-0.4, -0.2) is 10.5 Å². The highest BCUT2D eigenvalue weighted by molar-refractivity contribution is 5.64. The van der Waals surface area contributed by atoms with Crippen LogP contribution in [0.1, 0.15) is 25.6 Å². The molecule has 0 fully saturated rings. The first-order valence-corrected chi connectivity index (χ1v) is 4.90. The molecule has 0 N–H and O–H groups in total. The van der Waals surface area contributed by atoms with Crippen molar-refractivity contribution < 1.29 is 14.5 Å². The predicted octanol–water partition coefficient (Wildman–Crippen LogP) is -0.366. The molecule has 0 amide bonds. The molecule has 0 aliphatic carbocycles. The summed E-state index contributed by atoms with van der Waals surface area (Å²) in [6, 6.07) is 0. The van der Waals surface area contributed by atoms with Crippen LogP contribution < -0.4 is 9.67 Å². The van der Waals surface area contributed by atoms with E-state index in [4.69, 9.17) is 0 Å². The standard InChI is InChI=1S/C10H16N2O2/c1-3-5-11-7-8-12(9(11)2)6-4-10(13)14/h7-8H,3-6H2,1-2H3. The van der Waals surface area contributed by atoms with E-state index >= 15 is 0 Å². The highest BCUT2D eigenvalue weighted by Gasteiger charge is 2.10. The normalized spacial score (nSPS) is 10.4. The number of carbonyl (C=O) groups is 1. The lowest BCUT2D eigenvalue weighted by Crippen LogP contribution is -2.35. The van der Waals surface area contributed by atoms with E-state index in [1.807, 2.05) is 23.9 Å². The van der Waals surface area contributed by atoms with Gasteiger partial charge in [-0.3, -0.25) is 0 Å². The smallest absolute Gasteiger partial charge is 0.253 e.